The average Bonchev–Trinajstić information content (AvgIpc) is 3.32. The van der Waals surface area contributed by atoms with Gasteiger partial charge in [-0.05, 0) is 32.1 Å². The summed E-state index contributed by atoms with van der Waals surface area (Å²) in [6.45, 7) is 4.92. The van der Waals surface area contributed by atoms with E-state index in [4.69, 9.17) is 4.74 Å². The molecule has 0 aromatic rings. The Hall–Kier alpha value is -1.40. The first kappa shape index (κ1) is 64.6. The predicted octanol–water partition coefficient (Wildman–Crippen LogP) is 18.5. The molecule has 0 heterocycles. The van der Waals surface area contributed by atoms with Gasteiger partial charge in [0.15, 0.2) is 0 Å². The lowest BCUT2D eigenvalue weighted by atomic mass is 10.0. The zero-order valence-corrected chi connectivity index (χ0v) is 44.7. The number of rotatable bonds is 56. The Morgan fingerprint density at radius 2 is 0.697 bits per heavy atom. The molecular formula is C60H117NO5. The smallest absolute Gasteiger partial charge is 0.305 e. The summed E-state index contributed by atoms with van der Waals surface area (Å²) < 4.78 is 5.49. The summed E-state index contributed by atoms with van der Waals surface area (Å²) in [5.41, 5.74) is 0. The Morgan fingerprint density at radius 1 is 0.409 bits per heavy atom. The summed E-state index contributed by atoms with van der Waals surface area (Å²) >= 11 is 0. The van der Waals surface area contributed by atoms with Crippen molar-refractivity contribution in [3.63, 3.8) is 0 Å². The maximum absolute atomic E-state index is 12.5. The lowest BCUT2D eigenvalue weighted by Gasteiger charge is -2.20. The molecule has 0 aliphatic heterocycles. The highest BCUT2D eigenvalue weighted by atomic mass is 16.5. The van der Waals surface area contributed by atoms with Gasteiger partial charge in [-0.2, -0.15) is 0 Å². The van der Waals surface area contributed by atoms with Gasteiger partial charge in [-0.1, -0.05) is 302 Å². The molecular weight excluding hydrogens is 815 g/mol. The molecule has 0 aliphatic carbocycles. The fourth-order valence-corrected chi connectivity index (χ4v) is 9.46. The first-order chi connectivity index (χ1) is 32.5. The van der Waals surface area contributed by atoms with Crippen molar-refractivity contribution in [3.05, 3.63) is 12.2 Å². The van der Waals surface area contributed by atoms with Gasteiger partial charge in [-0.25, -0.2) is 0 Å². The number of aliphatic hydroxyl groups is 2. The summed E-state index contributed by atoms with van der Waals surface area (Å²) in [7, 11) is 0. The Labute approximate surface area is 412 Å². The number of nitrogens with one attached hydrogen (secondary N) is 1. The molecule has 1 amide bonds. The van der Waals surface area contributed by atoms with Gasteiger partial charge in [0.1, 0.15) is 0 Å². The molecule has 0 saturated heterocycles. The number of ether oxygens (including phenoxy) is 1. The summed E-state index contributed by atoms with van der Waals surface area (Å²) in [4.78, 5) is 24.5. The van der Waals surface area contributed by atoms with Crippen LogP contribution in [0.5, 0.6) is 0 Å². The second kappa shape index (κ2) is 56.2. The van der Waals surface area contributed by atoms with E-state index in [2.05, 4.69) is 19.2 Å². The van der Waals surface area contributed by atoms with Crippen LogP contribution in [0, 0.1) is 0 Å². The molecule has 0 radical (unpaired) electrons. The molecule has 0 spiro atoms. The third kappa shape index (κ3) is 52.0. The number of unbranched alkanes of at least 4 members (excludes halogenated alkanes) is 45. The molecule has 0 aromatic heterocycles. The van der Waals surface area contributed by atoms with Crippen molar-refractivity contribution in [3.8, 4) is 0 Å². The molecule has 0 aliphatic rings. The quantitative estimate of drug-likeness (QED) is 0.0321. The second-order valence-electron chi connectivity index (χ2n) is 20.7. The van der Waals surface area contributed by atoms with E-state index in [1.54, 1.807) is 6.08 Å². The van der Waals surface area contributed by atoms with E-state index in [1.807, 2.05) is 6.08 Å². The predicted molar refractivity (Wildman–Crippen MR) is 287 cm³/mol. The Bertz CT molecular complexity index is 986. The lowest BCUT2D eigenvalue weighted by Crippen LogP contribution is -2.45. The van der Waals surface area contributed by atoms with Crippen molar-refractivity contribution in [2.45, 2.75) is 347 Å². The molecule has 392 valence electrons. The van der Waals surface area contributed by atoms with Gasteiger partial charge in [0.25, 0.3) is 0 Å². The lowest BCUT2D eigenvalue weighted by molar-refractivity contribution is -0.143. The molecule has 0 bridgehead atoms. The van der Waals surface area contributed by atoms with Crippen LogP contribution in [0.1, 0.15) is 335 Å². The van der Waals surface area contributed by atoms with Gasteiger partial charge >= 0.3 is 5.97 Å². The van der Waals surface area contributed by atoms with Gasteiger partial charge in [-0.3, -0.25) is 9.59 Å². The van der Waals surface area contributed by atoms with Crippen LogP contribution < -0.4 is 5.32 Å². The van der Waals surface area contributed by atoms with Crippen LogP contribution in [-0.2, 0) is 14.3 Å². The van der Waals surface area contributed by atoms with Crippen molar-refractivity contribution in [2.24, 2.45) is 0 Å². The van der Waals surface area contributed by atoms with E-state index in [0.29, 0.717) is 19.4 Å². The van der Waals surface area contributed by atoms with Crippen LogP contribution in [0.15, 0.2) is 12.2 Å². The van der Waals surface area contributed by atoms with E-state index >= 15 is 0 Å². The molecule has 0 saturated carbocycles. The third-order valence-electron chi connectivity index (χ3n) is 14.1. The number of esters is 1. The first-order valence-electron chi connectivity index (χ1n) is 30.0. The van der Waals surface area contributed by atoms with Crippen LogP contribution >= 0.6 is 0 Å². The van der Waals surface area contributed by atoms with E-state index in [0.717, 1.165) is 38.5 Å². The van der Waals surface area contributed by atoms with Gasteiger partial charge in [-0.15, -0.1) is 0 Å². The SMILES string of the molecule is CCCCCCCCCCCCCCC/C=C/C(O)C(CO)NC(=O)CCCCCCCCCCCCCCCCCCCOC(=O)CCCCCCCCCCCCCCCCCCC. The van der Waals surface area contributed by atoms with Gasteiger partial charge in [0.2, 0.25) is 5.91 Å². The molecule has 0 aromatic carbocycles. The minimum Gasteiger partial charge on any atom is -0.466 e. The summed E-state index contributed by atoms with van der Waals surface area (Å²) in [6, 6.07) is -0.631. The summed E-state index contributed by atoms with van der Waals surface area (Å²) in [5, 5.41) is 23.1. The van der Waals surface area contributed by atoms with Crippen molar-refractivity contribution >= 4 is 11.9 Å². The topological polar surface area (TPSA) is 95.9 Å². The van der Waals surface area contributed by atoms with Crippen molar-refractivity contribution in [2.75, 3.05) is 13.2 Å². The number of hydrogen-bond acceptors (Lipinski definition) is 5. The average molecular weight is 933 g/mol. The highest BCUT2D eigenvalue weighted by molar-refractivity contribution is 5.76. The molecule has 0 rings (SSSR count). The van der Waals surface area contributed by atoms with Crippen LogP contribution in [0.25, 0.3) is 0 Å². The minimum atomic E-state index is -0.847. The Kier molecular flexibility index (Phi) is 55.0. The molecule has 66 heavy (non-hydrogen) atoms. The van der Waals surface area contributed by atoms with E-state index in [1.165, 1.54) is 270 Å². The largest absolute Gasteiger partial charge is 0.466 e. The fourth-order valence-electron chi connectivity index (χ4n) is 9.46. The van der Waals surface area contributed by atoms with Gasteiger partial charge in [0.05, 0.1) is 25.4 Å². The first-order valence-corrected chi connectivity index (χ1v) is 30.0. The maximum atomic E-state index is 12.5. The zero-order valence-electron chi connectivity index (χ0n) is 44.7. The van der Waals surface area contributed by atoms with Crippen LogP contribution in [0.2, 0.25) is 0 Å². The number of amides is 1. The summed E-state index contributed by atoms with van der Waals surface area (Å²) in [6.07, 6.45) is 66.6. The van der Waals surface area contributed by atoms with E-state index in [9.17, 15) is 19.8 Å². The van der Waals surface area contributed by atoms with Crippen LogP contribution in [-0.4, -0.2) is 47.4 Å². The highest BCUT2D eigenvalue weighted by Crippen LogP contribution is 2.18. The van der Waals surface area contributed by atoms with E-state index in [-0.39, 0.29) is 18.5 Å². The molecule has 2 atom stereocenters. The number of aliphatic hydroxyl groups excluding tert-OH is 2. The fraction of sp³-hybridized carbons (Fsp3) is 0.933. The molecule has 3 N–H and O–H groups in total. The highest BCUT2D eigenvalue weighted by Gasteiger charge is 2.18. The molecule has 6 nitrogen and oxygen atoms in total. The minimum absolute atomic E-state index is 0.00899. The number of carbonyl (C=O) groups excluding carboxylic acids is 2. The zero-order chi connectivity index (χ0) is 47.9. The van der Waals surface area contributed by atoms with Crippen LogP contribution in [0.4, 0.5) is 0 Å². The summed E-state index contributed by atoms with van der Waals surface area (Å²) in [5.74, 6) is -0.0621. The monoisotopic (exact) mass is 932 g/mol. The van der Waals surface area contributed by atoms with Gasteiger partial charge < -0.3 is 20.3 Å². The Morgan fingerprint density at radius 3 is 1.03 bits per heavy atom. The molecule has 6 heteroatoms. The third-order valence-corrected chi connectivity index (χ3v) is 14.1. The number of allylic oxidation sites excluding steroid dienone is 1. The molecule has 2 unspecified atom stereocenters. The van der Waals surface area contributed by atoms with Crippen LogP contribution in [0.3, 0.4) is 0 Å². The van der Waals surface area contributed by atoms with Gasteiger partial charge in [0, 0.05) is 12.8 Å². The van der Waals surface area contributed by atoms with Crippen molar-refractivity contribution in [1.29, 1.82) is 0 Å². The molecule has 0 fully saturated rings. The normalized spacial score (nSPS) is 12.6. The van der Waals surface area contributed by atoms with Crippen molar-refractivity contribution in [1.82, 2.24) is 5.32 Å². The second-order valence-corrected chi connectivity index (χ2v) is 20.7. The Balaban J connectivity index is 3.41. The number of carbonyl (C=O) groups is 2. The van der Waals surface area contributed by atoms with E-state index < -0.39 is 12.1 Å². The standard InChI is InChI=1S/C60H117NO5/c1-3-5-7-9-11-13-15-17-19-21-26-30-34-38-42-46-50-54-60(65)66-55-51-47-43-39-35-31-27-23-20-22-25-29-33-37-41-45-49-53-59(64)61-57(56-62)58(63)52-48-44-40-36-32-28-24-18-16-14-12-10-8-6-4-2/h48,52,57-58,62-63H,3-47,49-51,53-56H2,1-2H3,(H,61,64)/b52-48+. The number of hydrogen-bond donors (Lipinski definition) is 3. The maximum Gasteiger partial charge on any atom is 0.305 e. The van der Waals surface area contributed by atoms with Crippen molar-refractivity contribution < 1.29 is 24.5 Å².